The zero-order valence-electron chi connectivity index (χ0n) is 20.5. The minimum Gasteiger partial charge on any atom is -0.463 e. The molecule has 4 saturated carbocycles. The van der Waals surface area contributed by atoms with E-state index in [9.17, 15) is 9.59 Å². The molecule has 0 N–H and O–H groups in total. The number of hydrogen-bond donors (Lipinski definition) is 0. The van der Waals surface area contributed by atoms with E-state index in [1.54, 1.807) is 6.07 Å². The van der Waals surface area contributed by atoms with Gasteiger partial charge in [0, 0.05) is 44.0 Å². The first-order valence-corrected chi connectivity index (χ1v) is 13.0. The van der Waals surface area contributed by atoms with Crippen molar-refractivity contribution in [3.63, 3.8) is 0 Å². The molecule has 0 amide bonds. The van der Waals surface area contributed by atoms with E-state index in [0.29, 0.717) is 37.8 Å². The predicted octanol–water partition coefficient (Wildman–Crippen LogP) is 3.76. The number of nitriles is 1. The third-order valence-electron chi connectivity index (χ3n) is 8.40. The number of Topliss-reactive ketones (excluding diaryl/α,β-unsaturated/α-hetero) is 2. The van der Waals surface area contributed by atoms with Crippen molar-refractivity contribution in [2.45, 2.75) is 57.8 Å². The molecule has 7 rings (SSSR count). The SMILES string of the molecule is CC(=O)c1cccc(C2CCN(c3nc(OC[C@H]4C[C@H]4C#N)nc(C(=O)CC45CC(C4)C5)n3)CC2)n1. The van der Waals surface area contributed by atoms with Gasteiger partial charge in [0.15, 0.2) is 5.78 Å². The summed E-state index contributed by atoms with van der Waals surface area (Å²) in [6.45, 7) is 3.32. The van der Waals surface area contributed by atoms with Gasteiger partial charge in [-0.2, -0.15) is 20.2 Å². The van der Waals surface area contributed by atoms with Crippen LogP contribution < -0.4 is 9.64 Å². The minimum atomic E-state index is -0.0388. The van der Waals surface area contributed by atoms with Gasteiger partial charge in [-0.25, -0.2) is 4.98 Å². The number of ether oxygens (including phenoxy) is 1. The molecule has 9 heteroatoms. The summed E-state index contributed by atoms with van der Waals surface area (Å²) < 4.78 is 5.86. The zero-order valence-corrected chi connectivity index (χ0v) is 20.5. The fourth-order valence-electron chi connectivity index (χ4n) is 5.99. The van der Waals surface area contributed by atoms with E-state index in [1.165, 1.54) is 6.92 Å². The molecule has 5 fully saturated rings. The van der Waals surface area contributed by atoms with E-state index < -0.39 is 0 Å². The molecule has 4 aliphatic carbocycles. The minimum absolute atomic E-state index is 0.0321. The van der Waals surface area contributed by atoms with E-state index in [1.807, 2.05) is 12.1 Å². The molecule has 1 aliphatic heterocycles. The third-order valence-corrected chi connectivity index (χ3v) is 8.40. The Bertz CT molecular complexity index is 1230. The molecule has 186 valence electrons. The molecule has 2 aromatic rings. The predicted molar refractivity (Wildman–Crippen MR) is 130 cm³/mol. The monoisotopic (exact) mass is 486 g/mol. The number of nitrogens with zero attached hydrogens (tertiary/aromatic N) is 6. The summed E-state index contributed by atoms with van der Waals surface area (Å²) in [5, 5.41) is 9.07. The van der Waals surface area contributed by atoms with Crippen molar-refractivity contribution in [2.75, 3.05) is 24.6 Å². The molecule has 0 aromatic carbocycles. The number of anilines is 1. The lowest BCUT2D eigenvalue weighted by atomic mass is 9.43. The lowest BCUT2D eigenvalue weighted by Gasteiger charge is -2.61. The molecular weight excluding hydrogens is 456 g/mol. The van der Waals surface area contributed by atoms with Crippen LogP contribution >= 0.6 is 0 Å². The zero-order chi connectivity index (χ0) is 24.9. The summed E-state index contributed by atoms with van der Waals surface area (Å²) in [6, 6.07) is 8.06. The van der Waals surface area contributed by atoms with Gasteiger partial charge < -0.3 is 9.64 Å². The van der Waals surface area contributed by atoms with Crippen molar-refractivity contribution in [3.05, 3.63) is 35.4 Å². The Morgan fingerprint density at radius 1 is 1.14 bits per heavy atom. The van der Waals surface area contributed by atoms with Crippen LogP contribution in [0.3, 0.4) is 0 Å². The Hall–Kier alpha value is -3.41. The van der Waals surface area contributed by atoms with Crippen molar-refractivity contribution >= 4 is 17.5 Å². The molecule has 0 spiro atoms. The van der Waals surface area contributed by atoms with Crippen LogP contribution in [0.1, 0.15) is 84.6 Å². The highest BCUT2D eigenvalue weighted by atomic mass is 16.5. The van der Waals surface area contributed by atoms with Crippen molar-refractivity contribution in [2.24, 2.45) is 23.2 Å². The van der Waals surface area contributed by atoms with Crippen LogP contribution in [0.4, 0.5) is 5.95 Å². The first-order valence-electron chi connectivity index (χ1n) is 13.0. The number of ketones is 2. The summed E-state index contributed by atoms with van der Waals surface area (Å²) in [5.41, 5.74) is 1.60. The molecule has 2 bridgehead atoms. The molecule has 5 aliphatic rings. The first kappa shape index (κ1) is 23.0. The van der Waals surface area contributed by atoms with Gasteiger partial charge in [-0.1, -0.05) is 6.07 Å². The van der Waals surface area contributed by atoms with Gasteiger partial charge in [0.25, 0.3) is 0 Å². The maximum Gasteiger partial charge on any atom is 0.321 e. The average molecular weight is 487 g/mol. The molecular formula is C27H30N6O3. The van der Waals surface area contributed by atoms with Crippen LogP contribution in [-0.4, -0.2) is 51.2 Å². The van der Waals surface area contributed by atoms with E-state index in [2.05, 4.69) is 30.9 Å². The van der Waals surface area contributed by atoms with Crippen LogP contribution in [0.25, 0.3) is 0 Å². The van der Waals surface area contributed by atoms with Gasteiger partial charge in [-0.3, -0.25) is 9.59 Å². The van der Waals surface area contributed by atoms with Crippen LogP contribution in [-0.2, 0) is 0 Å². The van der Waals surface area contributed by atoms with Gasteiger partial charge in [-0.05, 0) is 62.0 Å². The lowest BCUT2D eigenvalue weighted by Crippen LogP contribution is -2.52. The van der Waals surface area contributed by atoms with E-state index in [0.717, 1.165) is 50.1 Å². The number of piperidine rings is 1. The number of hydrogen-bond acceptors (Lipinski definition) is 9. The number of carbonyl (C=O) groups is 2. The lowest BCUT2D eigenvalue weighted by molar-refractivity contribution is -0.103. The normalized spacial score (nSPS) is 28.4. The molecule has 0 radical (unpaired) electrons. The highest BCUT2D eigenvalue weighted by molar-refractivity contribution is 5.93. The molecule has 9 nitrogen and oxygen atoms in total. The Kier molecular flexibility index (Phi) is 5.70. The fraction of sp³-hybridized carbons (Fsp3) is 0.593. The van der Waals surface area contributed by atoms with Crippen LogP contribution in [0, 0.1) is 34.5 Å². The quantitative estimate of drug-likeness (QED) is 0.487. The Balaban J connectivity index is 1.17. The van der Waals surface area contributed by atoms with E-state index in [-0.39, 0.29) is 46.6 Å². The van der Waals surface area contributed by atoms with Crippen molar-refractivity contribution < 1.29 is 14.3 Å². The summed E-state index contributed by atoms with van der Waals surface area (Å²) in [4.78, 5) is 45.0. The summed E-state index contributed by atoms with van der Waals surface area (Å²) in [7, 11) is 0. The summed E-state index contributed by atoms with van der Waals surface area (Å²) >= 11 is 0. The molecule has 2 aromatic heterocycles. The van der Waals surface area contributed by atoms with Gasteiger partial charge >= 0.3 is 6.01 Å². The van der Waals surface area contributed by atoms with Crippen molar-refractivity contribution in [3.8, 4) is 12.1 Å². The number of rotatable bonds is 9. The van der Waals surface area contributed by atoms with E-state index >= 15 is 0 Å². The summed E-state index contributed by atoms with van der Waals surface area (Å²) in [5.74, 6) is 1.88. The molecule has 0 unspecified atom stereocenters. The third kappa shape index (κ3) is 4.45. The second kappa shape index (κ2) is 8.91. The fourth-order valence-corrected chi connectivity index (χ4v) is 5.99. The Morgan fingerprint density at radius 3 is 2.56 bits per heavy atom. The topological polar surface area (TPSA) is 122 Å². The standard InChI is InChI=1S/C27H30N6O3/c1-16(34)21-3-2-4-22(29-21)18-5-7-33(8-6-18)25-30-24(23(35)13-27-10-17(11-27)12-27)31-26(32-25)36-15-20-9-19(20)14-28/h2-4,17-20H,5-13,15H2,1H3/t17?,19-,20+,27?/m0/s1. The Labute approximate surface area is 210 Å². The molecule has 1 saturated heterocycles. The van der Waals surface area contributed by atoms with E-state index in [4.69, 9.17) is 10.00 Å². The largest absolute Gasteiger partial charge is 0.463 e. The second-order valence-corrected chi connectivity index (χ2v) is 11.1. The smallest absolute Gasteiger partial charge is 0.321 e. The average Bonchev–Trinajstić information content (AvgIpc) is 3.63. The first-order chi connectivity index (χ1) is 17.4. The van der Waals surface area contributed by atoms with Gasteiger partial charge in [-0.15, -0.1) is 0 Å². The summed E-state index contributed by atoms with van der Waals surface area (Å²) in [6.07, 6.45) is 6.44. The molecule has 3 heterocycles. The van der Waals surface area contributed by atoms with Crippen LogP contribution in [0.2, 0.25) is 0 Å². The number of pyridine rings is 1. The second-order valence-electron chi connectivity index (χ2n) is 11.1. The van der Waals surface area contributed by atoms with Gasteiger partial charge in [0.1, 0.15) is 5.69 Å². The maximum absolute atomic E-state index is 13.1. The molecule has 36 heavy (non-hydrogen) atoms. The van der Waals surface area contributed by atoms with Gasteiger partial charge in [0.05, 0.1) is 18.6 Å². The van der Waals surface area contributed by atoms with Crippen molar-refractivity contribution in [1.29, 1.82) is 5.26 Å². The highest BCUT2D eigenvalue weighted by Gasteiger charge is 2.57. The van der Waals surface area contributed by atoms with Crippen molar-refractivity contribution in [1.82, 2.24) is 19.9 Å². The van der Waals surface area contributed by atoms with Crippen LogP contribution in [0.5, 0.6) is 6.01 Å². The van der Waals surface area contributed by atoms with Gasteiger partial charge in [0.2, 0.25) is 17.6 Å². The number of carbonyl (C=O) groups excluding carboxylic acids is 2. The Morgan fingerprint density at radius 2 is 1.92 bits per heavy atom. The highest BCUT2D eigenvalue weighted by Crippen LogP contribution is 2.66. The number of aromatic nitrogens is 4. The van der Waals surface area contributed by atoms with Crippen LogP contribution in [0.15, 0.2) is 18.2 Å². The molecule has 2 atom stereocenters. The maximum atomic E-state index is 13.1.